The first-order valence-electron chi connectivity index (χ1n) is 11.3. The number of unbranched alkanes of at least 4 members (excludes halogenated alkanes) is 10. The minimum atomic E-state index is -3.48. The van der Waals surface area contributed by atoms with Crippen molar-refractivity contribution in [1.29, 1.82) is 0 Å². The first-order valence-corrected chi connectivity index (χ1v) is 15.0. The van der Waals surface area contributed by atoms with Gasteiger partial charge in [0.15, 0.2) is 0 Å². The lowest BCUT2D eigenvalue weighted by Gasteiger charge is -2.24. The van der Waals surface area contributed by atoms with Crippen LogP contribution in [0.4, 0.5) is 0 Å². The zero-order chi connectivity index (χ0) is 20.7. The van der Waals surface area contributed by atoms with E-state index in [2.05, 4.69) is 4.18 Å². The van der Waals surface area contributed by atoms with E-state index in [0.29, 0.717) is 6.42 Å². The second kappa shape index (κ2) is 14.8. The molecule has 0 heterocycles. The predicted molar refractivity (Wildman–Crippen MR) is 117 cm³/mol. The molecule has 7 heteroatoms. The van der Waals surface area contributed by atoms with Crippen molar-refractivity contribution in [3.63, 3.8) is 0 Å². The van der Waals surface area contributed by atoms with Gasteiger partial charge in [0.1, 0.15) is 9.84 Å². The predicted octanol–water partition coefficient (Wildman–Crippen LogP) is 5.25. The van der Waals surface area contributed by atoms with Crippen molar-refractivity contribution in [3.05, 3.63) is 0 Å². The van der Waals surface area contributed by atoms with Crippen molar-refractivity contribution in [1.82, 2.24) is 0 Å². The van der Waals surface area contributed by atoms with Gasteiger partial charge < -0.3 is 0 Å². The first-order chi connectivity index (χ1) is 13.3. The fourth-order valence-electron chi connectivity index (χ4n) is 3.72. The van der Waals surface area contributed by atoms with Gasteiger partial charge in [-0.3, -0.25) is 4.18 Å². The third-order valence-electron chi connectivity index (χ3n) is 5.69. The molecular weight excluding hydrogens is 396 g/mol. The molecule has 5 nitrogen and oxygen atoms in total. The highest BCUT2D eigenvalue weighted by atomic mass is 32.2. The molecule has 0 aromatic heterocycles. The lowest BCUT2D eigenvalue weighted by atomic mass is 9.81. The number of hydrogen-bond acceptors (Lipinski definition) is 5. The van der Waals surface area contributed by atoms with Crippen LogP contribution in [-0.4, -0.2) is 41.2 Å². The summed E-state index contributed by atoms with van der Waals surface area (Å²) >= 11 is 0. The van der Waals surface area contributed by atoms with Gasteiger partial charge in [-0.25, -0.2) is 8.42 Å². The maximum atomic E-state index is 11.9. The van der Waals surface area contributed by atoms with E-state index in [1.807, 2.05) is 0 Å². The number of hydrogen-bond donors (Lipinski definition) is 0. The average Bonchev–Trinajstić information content (AvgIpc) is 2.56. The molecule has 0 spiro atoms. The Balaban J connectivity index is 1.81. The summed E-state index contributed by atoms with van der Waals surface area (Å²) in [5, 5.41) is 0. The van der Waals surface area contributed by atoms with Gasteiger partial charge in [-0.1, -0.05) is 89.9 Å². The molecule has 0 atom stereocenters. The smallest absolute Gasteiger partial charge is 0.264 e. The van der Waals surface area contributed by atoms with Crippen molar-refractivity contribution in [2.45, 2.75) is 103 Å². The zero-order valence-corrected chi connectivity index (χ0v) is 19.5. The molecule has 1 aliphatic carbocycles. The standard InChI is InChI=1S/C21H42O5S2/c1-27(22,23)26-18-14-20-28(24,25)19-12-10-8-6-4-2-3-5-7-9-11-15-21-16-13-17-21/h21H,2-20H2,1H3. The lowest BCUT2D eigenvalue weighted by Crippen LogP contribution is -2.14. The summed E-state index contributed by atoms with van der Waals surface area (Å²) in [4.78, 5) is 0. The quantitative estimate of drug-likeness (QED) is 0.203. The Morgan fingerprint density at radius 2 is 1.14 bits per heavy atom. The Morgan fingerprint density at radius 3 is 1.61 bits per heavy atom. The van der Waals surface area contributed by atoms with Gasteiger partial charge in [0, 0.05) is 0 Å². The minimum absolute atomic E-state index is 0.00315. The molecule has 1 fully saturated rings. The van der Waals surface area contributed by atoms with Gasteiger partial charge in [-0.05, 0) is 18.8 Å². The monoisotopic (exact) mass is 438 g/mol. The van der Waals surface area contributed by atoms with Gasteiger partial charge in [0.05, 0.1) is 24.4 Å². The normalized spacial score (nSPS) is 15.6. The molecule has 0 aliphatic heterocycles. The fraction of sp³-hybridized carbons (Fsp3) is 1.00. The van der Waals surface area contributed by atoms with Crippen molar-refractivity contribution in [2.24, 2.45) is 5.92 Å². The van der Waals surface area contributed by atoms with Gasteiger partial charge in [0.2, 0.25) is 0 Å². The molecule has 0 saturated heterocycles. The van der Waals surface area contributed by atoms with Gasteiger partial charge >= 0.3 is 0 Å². The molecule has 1 aliphatic rings. The second-order valence-electron chi connectivity index (χ2n) is 8.51. The van der Waals surface area contributed by atoms with Crippen LogP contribution < -0.4 is 0 Å². The van der Waals surface area contributed by atoms with E-state index >= 15 is 0 Å². The van der Waals surface area contributed by atoms with E-state index in [9.17, 15) is 16.8 Å². The fourth-order valence-corrected chi connectivity index (χ4v) is 5.55. The largest absolute Gasteiger partial charge is 0.270 e. The molecule has 0 N–H and O–H groups in total. The third kappa shape index (κ3) is 15.7. The van der Waals surface area contributed by atoms with Gasteiger partial charge in [-0.15, -0.1) is 0 Å². The number of sulfone groups is 1. The summed E-state index contributed by atoms with van der Waals surface area (Å²) in [5.41, 5.74) is 0. The summed E-state index contributed by atoms with van der Waals surface area (Å²) in [5.74, 6) is 1.26. The van der Waals surface area contributed by atoms with Crippen molar-refractivity contribution < 1.29 is 21.0 Å². The summed E-state index contributed by atoms with van der Waals surface area (Å²) in [6.07, 6.45) is 20.6. The maximum Gasteiger partial charge on any atom is 0.264 e. The van der Waals surface area contributed by atoms with Crippen LogP contribution in [-0.2, 0) is 24.1 Å². The molecule has 0 aromatic carbocycles. The van der Waals surface area contributed by atoms with Crippen LogP contribution in [0.25, 0.3) is 0 Å². The first kappa shape index (κ1) is 25.9. The van der Waals surface area contributed by atoms with Crippen LogP contribution in [0, 0.1) is 5.92 Å². The van der Waals surface area contributed by atoms with Gasteiger partial charge in [-0.2, -0.15) is 8.42 Å². The van der Waals surface area contributed by atoms with E-state index < -0.39 is 20.0 Å². The van der Waals surface area contributed by atoms with Crippen LogP contribution in [0.1, 0.15) is 103 Å². The molecule has 0 bridgehead atoms. The third-order valence-corrected chi connectivity index (χ3v) is 8.11. The van der Waals surface area contributed by atoms with Crippen LogP contribution in [0.2, 0.25) is 0 Å². The van der Waals surface area contributed by atoms with Crippen LogP contribution in [0.5, 0.6) is 0 Å². The van der Waals surface area contributed by atoms with Crippen molar-refractivity contribution >= 4 is 20.0 Å². The summed E-state index contributed by atoms with van der Waals surface area (Å²) < 4.78 is 50.0. The lowest BCUT2D eigenvalue weighted by molar-refractivity contribution is 0.286. The summed E-state index contributed by atoms with van der Waals surface area (Å²) in [6, 6.07) is 0. The highest BCUT2D eigenvalue weighted by molar-refractivity contribution is 7.91. The Morgan fingerprint density at radius 1 is 0.679 bits per heavy atom. The van der Waals surface area contributed by atoms with Crippen molar-refractivity contribution in [3.8, 4) is 0 Å². The van der Waals surface area contributed by atoms with E-state index in [1.54, 1.807) is 0 Å². The topological polar surface area (TPSA) is 77.5 Å². The van der Waals surface area contributed by atoms with E-state index in [1.165, 1.54) is 77.0 Å². The van der Waals surface area contributed by atoms with Crippen LogP contribution >= 0.6 is 0 Å². The molecule has 28 heavy (non-hydrogen) atoms. The van der Waals surface area contributed by atoms with E-state index in [4.69, 9.17) is 0 Å². The minimum Gasteiger partial charge on any atom is -0.270 e. The highest BCUT2D eigenvalue weighted by Gasteiger charge is 2.16. The molecular formula is C21H42O5S2. The molecule has 168 valence electrons. The number of rotatable bonds is 19. The van der Waals surface area contributed by atoms with Crippen LogP contribution in [0.15, 0.2) is 0 Å². The Bertz CT molecular complexity index is 580. The zero-order valence-electron chi connectivity index (χ0n) is 17.9. The molecule has 0 unspecified atom stereocenters. The highest BCUT2D eigenvalue weighted by Crippen LogP contribution is 2.31. The molecule has 1 rings (SSSR count). The average molecular weight is 439 g/mol. The SMILES string of the molecule is CS(=O)(=O)OCCCS(=O)(=O)CCCCCCCCCCCCCC1CCC1. The van der Waals surface area contributed by atoms with Crippen LogP contribution in [0.3, 0.4) is 0 Å². The molecule has 0 radical (unpaired) electrons. The Labute approximate surface area is 174 Å². The van der Waals surface area contributed by atoms with Crippen molar-refractivity contribution in [2.75, 3.05) is 24.4 Å². The van der Waals surface area contributed by atoms with E-state index in [0.717, 1.165) is 25.0 Å². The summed E-state index contributed by atoms with van der Waals surface area (Å²) in [7, 11) is -6.57. The second-order valence-corrected chi connectivity index (χ2v) is 12.5. The van der Waals surface area contributed by atoms with E-state index in [-0.39, 0.29) is 24.5 Å². The Kier molecular flexibility index (Phi) is 13.7. The molecule has 1 saturated carbocycles. The van der Waals surface area contributed by atoms with Gasteiger partial charge in [0.25, 0.3) is 10.1 Å². The summed E-state index contributed by atoms with van der Waals surface area (Å²) in [6.45, 7) is -0.0570. The maximum absolute atomic E-state index is 11.9. The molecule has 0 aromatic rings. The molecule has 0 amide bonds. The Hall–Kier alpha value is -0.140.